The SMILES string of the molecule is CC(C)CCC[C@@H](C)[C@H]1CCC2C3CC=C4C[C@@H](OCCC[S+]([O-])CC(=O)O)CC[C@]4(C)C3CC[C@@]21C. The van der Waals surface area contributed by atoms with Gasteiger partial charge in [0, 0.05) is 6.42 Å². The van der Waals surface area contributed by atoms with E-state index in [0.29, 0.717) is 29.6 Å². The Balaban J connectivity index is 1.32. The zero-order chi connectivity index (χ0) is 26.8. The normalized spacial score (nSPS) is 38.9. The van der Waals surface area contributed by atoms with Crippen LogP contribution in [0.1, 0.15) is 112 Å². The molecule has 9 atom stereocenters. The van der Waals surface area contributed by atoms with Crippen LogP contribution in [-0.2, 0) is 20.7 Å². The molecule has 37 heavy (non-hydrogen) atoms. The summed E-state index contributed by atoms with van der Waals surface area (Å²) in [6.07, 6.45) is 18.2. The van der Waals surface area contributed by atoms with Crippen molar-refractivity contribution in [1.82, 2.24) is 0 Å². The predicted molar refractivity (Wildman–Crippen MR) is 153 cm³/mol. The first-order valence-corrected chi connectivity index (χ1v) is 16.9. The topological polar surface area (TPSA) is 69.6 Å². The third-order valence-electron chi connectivity index (χ3n) is 11.4. The second-order valence-corrected chi connectivity index (χ2v) is 15.6. The summed E-state index contributed by atoms with van der Waals surface area (Å²) >= 11 is -1.28. The molecule has 4 nitrogen and oxygen atoms in total. The van der Waals surface area contributed by atoms with Gasteiger partial charge in [0.15, 0.2) is 0 Å². The average molecular weight is 535 g/mol. The number of hydrogen-bond acceptors (Lipinski definition) is 3. The molecule has 4 aliphatic rings. The molecule has 0 amide bonds. The van der Waals surface area contributed by atoms with E-state index in [-0.39, 0.29) is 11.9 Å². The van der Waals surface area contributed by atoms with Crippen molar-refractivity contribution in [3.63, 3.8) is 0 Å². The maximum absolute atomic E-state index is 11.8. The number of aliphatic carboxylic acids is 1. The number of carbonyl (C=O) groups is 1. The van der Waals surface area contributed by atoms with Crippen molar-refractivity contribution < 1.29 is 19.2 Å². The molecule has 0 spiro atoms. The van der Waals surface area contributed by atoms with Gasteiger partial charge in [0.2, 0.25) is 5.75 Å². The summed E-state index contributed by atoms with van der Waals surface area (Å²) < 4.78 is 18.0. The Labute approximate surface area is 230 Å². The summed E-state index contributed by atoms with van der Waals surface area (Å²) in [5.41, 5.74) is 2.54. The van der Waals surface area contributed by atoms with Crippen molar-refractivity contribution in [2.45, 2.75) is 118 Å². The molecular formula is C32H54O4S. The molecule has 0 aliphatic heterocycles. The van der Waals surface area contributed by atoms with Crippen LogP contribution in [0.3, 0.4) is 0 Å². The molecular weight excluding hydrogens is 480 g/mol. The number of ether oxygens (including phenoxy) is 1. The van der Waals surface area contributed by atoms with Crippen LogP contribution in [0, 0.1) is 46.3 Å². The quantitative estimate of drug-likeness (QED) is 0.159. The molecule has 0 bridgehead atoms. The van der Waals surface area contributed by atoms with Gasteiger partial charge in [-0.25, -0.2) is 4.79 Å². The van der Waals surface area contributed by atoms with E-state index >= 15 is 0 Å². The molecule has 0 saturated heterocycles. The number of carboxylic acids is 1. The Bertz CT molecular complexity index is 811. The highest BCUT2D eigenvalue weighted by Gasteiger charge is 2.59. The monoisotopic (exact) mass is 534 g/mol. The van der Waals surface area contributed by atoms with Gasteiger partial charge in [-0.2, -0.15) is 0 Å². The third kappa shape index (κ3) is 6.46. The van der Waals surface area contributed by atoms with Gasteiger partial charge in [-0.3, -0.25) is 0 Å². The van der Waals surface area contributed by atoms with E-state index < -0.39 is 17.1 Å². The van der Waals surface area contributed by atoms with Crippen molar-refractivity contribution in [3.8, 4) is 0 Å². The Morgan fingerprint density at radius 1 is 1.11 bits per heavy atom. The van der Waals surface area contributed by atoms with Crippen molar-refractivity contribution in [3.05, 3.63) is 11.6 Å². The Morgan fingerprint density at radius 2 is 1.89 bits per heavy atom. The van der Waals surface area contributed by atoms with Gasteiger partial charge >= 0.3 is 5.97 Å². The number of rotatable bonds is 12. The minimum atomic E-state index is -1.28. The highest BCUT2D eigenvalue weighted by Crippen LogP contribution is 2.67. The first-order chi connectivity index (χ1) is 17.5. The molecule has 0 aromatic carbocycles. The van der Waals surface area contributed by atoms with E-state index in [1.165, 1.54) is 57.8 Å². The van der Waals surface area contributed by atoms with Crippen LogP contribution in [0.25, 0.3) is 0 Å². The number of allylic oxidation sites excluding steroid dienone is 1. The molecule has 1 N–H and O–H groups in total. The van der Waals surface area contributed by atoms with Crippen LogP contribution in [0.15, 0.2) is 11.6 Å². The molecule has 0 aromatic heterocycles. The minimum Gasteiger partial charge on any atom is -0.616 e. The lowest BCUT2D eigenvalue weighted by molar-refractivity contribution is -0.134. The van der Waals surface area contributed by atoms with Crippen molar-refractivity contribution in [1.29, 1.82) is 0 Å². The zero-order valence-electron chi connectivity index (χ0n) is 24.3. The van der Waals surface area contributed by atoms with E-state index in [4.69, 9.17) is 9.84 Å². The Morgan fingerprint density at radius 3 is 2.62 bits per heavy atom. The van der Waals surface area contributed by atoms with Crippen LogP contribution in [-0.4, -0.2) is 39.8 Å². The van der Waals surface area contributed by atoms with Crippen LogP contribution in [0.4, 0.5) is 0 Å². The van der Waals surface area contributed by atoms with E-state index in [1.807, 2.05) is 0 Å². The van der Waals surface area contributed by atoms with Crippen LogP contribution in [0.5, 0.6) is 0 Å². The van der Waals surface area contributed by atoms with Crippen LogP contribution < -0.4 is 0 Å². The maximum atomic E-state index is 11.8. The van der Waals surface area contributed by atoms with Gasteiger partial charge in [0.05, 0.1) is 12.7 Å². The Hall–Kier alpha value is -0.520. The molecule has 5 heteroatoms. The van der Waals surface area contributed by atoms with Crippen LogP contribution in [0.2, 0.25) is 0 Å². The molecule has 4 rings (SSSR count). The standard InChI is InChI=1S/C32H54O4S/c1-22(2)8-6-9-23(3)27-12-13-28-26-11-10-24-20-25(36-18-7-19-37(35)21-30(33)34)14-16-31(24,4)29(26)15-17-32(27,28)5/h10,22-23,25-29H,6-9,11-21H2,1-5H3,(H,33,34)/t23-,25+,26?,27-,28?,29?,31+,32-,37?/m1/s1. The third-order valence-corrected chi connectivity index (χ3v) is 12.7. The lowest BCUT2D eigenvalue weighted by Crippen LogP contribution is -2.51. The summed E-state index contributed by atoms with van der Waals surface area (Å²) in [6, 6.07) is 0. The van der Waals surface area contributed by atoms with Gasteiger partial charge in [-0.15, -0.1) is 0 Å². The molecule has 3 saturated carbocycles. The van der Waals surface area contributed by atoms with Crippen molar-refractivity contribution in [2.24, 2.45) is 46.3 Å². The van der Waals surface area contributed by atoms with Gasteiger partial charge in [0.25, 0.3) is 0 Å². The molecule has 0 heterocycles. The largest absolute Gasteiger partial charge is 0.616 e. The highest BCUT2D eigenvalue weighted by atomic mass is 32.2. The fourth-order valence-corrected chi connectivity index (χ4v) is 10.3. The average Bonchev–Trinajstić information content (AvgIpc) is 3.18. The van der Waals surface area contributed by atoms with Crippen molar-refractivity contribution in [2.75, 3.05) is 18.1 Å². The van der Waals surface area contributed by atoms with Gasteiger partial charge < -0.3 is 14.4 Å². The predicted octanol–water partition coefficient (Wildman–Crippen LogP) is 7.64. The summed E-state index contributed by atoms with van der Waals surface area (Å²) in [5, 5.41) is 8.78. The molecule has 4 unspecified atom stereocenters. The van der Waals surface area contributed by atoms with E-state index in [1.54, 1.807) is 5.57 Å². The number of fused-ring (bicyclic) bond motifs is 5. The van der Waals surface area contributed by atoms with Gasteiger partial charge in [-0.05, 0) is 109 Å². The zero-order valence-corrected chi connectivity index (χ0v) is 25.1. The van der Waals surface area contributed by atoms with Crippen molar-refractivity contribution >= 4 is 17.1 Å². The van der Waals surface area contributed by atoms with E-state index in [0.717, 1.165) is 48.3 Å². The molecule has 0 aromatic rings. The summed E-state index contributed by atoms with van der Waals surface area (Å²) in [5.74, 6) is 4.38. The Kier molecular flexibility index (Phi) is 9.82. The lowest BCUT2D eigenvalue weighted by atomic mass is 9.47. The minimum absolute atomic E-state index is 0.255. The second kappa shape index (κ2) is 12.3. The van der Waals surface area contributed by atoms with E-state index in [9.17, 15) is 9.35 Å². The maximum Gasteiger partial charge on any atom is 0.353 e. The molecule has 0 radical (unpaired) electrons. The summed E-state index contributed by atoms with van der Waals surface area (Å²) in [7, 11) is 0. The van der Waals surface area contributed by atoms with E-state index in [2.05, 4.69) is 40.7 Å². The lowest BCUT2D eigenvalue weighted by Gasteiger charge is -2.58. The highest BCUT2D eigenvalue weighted by molar-refractivity contribution is 7.92. The number of hydrogen-bond donors (Lipinski definition) is 1. The second-order valence-electron chi connectivity index (χ2n) is 14.1. The first kappa shape index (κ1) is 29.5. The molecule has 4 aliphatic carbocycles. The first-order valence-electron chi connectivity index (χ1n) is 15.4. The fourth-order valence-electron chi connectivity index (χ4n) is 9.47. The fraction of sp³-hybridized carbons (Fsp3) is 0.906. The molecule has 3 fully saturated rings. The summed E-state index contributed by atoms with van der Waals surface area (Å²) in [4.78, 5) is 10.7. The van der Waals surface area contributed by atoms with Gasteiger partial charge in [0.1, 0.15) is 5.75 Å². The number of carboxylic acid groups (broad SMARTS) is 1. The smallest absolute Gasteiger partial charge is 0.353 e. The van der Waals surface area contributed by atoms with Gasteiger partial charge in [-0.1, -0.05) is 65.5 Å². The summed E-state index contributed by atoms with van der Waals surface area (Å²) in [6.45, 7) is 13.1. The van der Waals surface area contributed by atoms with Crippen LogP contribution >= 0.6 is 0 Å². The molecule has 212 valence electrons.